The van der Waals surface area contributed by atoms with Crippen LogP contribution in [0.2, 0.25) is 0 Å². The van der Waals surface area contributed by atoms with Gasteiger partial charge < -0.3 is 10.6 Å². The zero-order valence-corrected chi connectivity index (χ0v) is 9.54. The number of hydrogen-bond acceptors (Lipinski definition) is 2. The van der Waals surface area contributed by atoms with Gasteiger partial charge in [-0.1, -0.05) is 0 Å². The van der Waals surface area contributed by atoms with Crippen LogP contribution in [0.3, 0.4) is 0 Å². The summed E-state index contributed by atoms with van der Waals surface area (Å²) in [6.45, 7) is 0. The van der Waals surface area contributed by atoms with Gasteiger partial charge in [-0.2, -0.15) is 0 Å². The molecule has 5 heteroatoms. The average Bonchev–Trinajstić information content (AvgIpc) is 2.19. The lowest BCUT2D eigenvalue weighted by Gasteiger charge is -2.34. The first-order chi connectivity index (χ1) is 8.00. The summed E-state index contributed by atoms with van der Waals surface area (Å²) in [6, 6.07) is 1.89. The van der Waals surface area contributed by atoms with Crippen molar-refractivity contribution in [1.29, 1.82) is 0 Å². The molecule has 3 nitrogen and oxygen atoms in total. The Morgan fingerprint density at radius 2 is 2.06 bits per heavy atom. The molecule has 1 saturated carbocycles. The summed E-state index contributed by atoms with van der Waals surface area (Å²) in [7, 11) is 1.60. The molecule has 2 N–H and O–H groups in total. The fraction of sp³-hybridized carbons (Fsp3) is 0.417. The van der Waals surface area contributed by atoms with Crippen molar-refractivity contribution in [2.24, 2.45) is 0 Å². The number of anilines is 1. The molecule has 0 heterocycles. The van der Waals surface area contributed by atoms with Gasteiger partial charge >= 0.3 is 0 Å². The molecule has 1 aliphatic rings. The van der Waals surface area contributed by atoms with Gasteiger partial charge in [0.05, 0.1) is 11.3 Å². The van der Waals surface area contributed by atoms with Crippen molar-refractivity contribution >= 4 is 11.6 Å². The minimum atomic E-state index is -0.845. The van der Waals surface area contributed by atoms with E-state index in [0.29, 0.717) is 0 Å². The van der Waals surface area contributed by atoms with Crippen molar-refractivity contribution in [1.82, 2.24) is 4.90 Å². The Labute approximate surface area is 98.2 Å². The van der Waals surface area contributed by atoms with Crippen LogP contribution in [0, 0.1) is 11.6 Å². The van der Waals surface area contributed by atoms with Gasteiger partial charge in [0.1, 0.15) is 5.82 Å². The van der Waals surface area contributed by atoms with Crippen LogP contribution in [0.25, 0.3) is 0 Å². The molecule has 0 aromatic heterocycles. The minimum Gasteiger partial charge on any atom is -0.396 e. The SMILES string of the molecule is CN(C(=O)c1cc(F)cc(N)c1F)C1CCC1. The third-order valence-electron chi connectivity index (χ3n) is 3.24. The number of benzene rings is 1. The molecule has 1 fully saturated rings. The van der Waals surface area contributed by atoms with Crippen LogP contribution in [-0.2, 0) is 0 Å². The van der Waals surface area contributed by atoms with Crippen LogP contribution >= 0.6 is 0 Å². The van der Waals surface area contributed by atoms with Crippen molar-refractivity contribution in [3.63, 3.8) is 0 Å². The Balaban J connectivity index is 2.29. The lowest BCUT2D eigenvalue weighted by atomic mass is 9.91. The van der Waals surface area contributed by atoms with Crippen LogP contribution in [0.5, 0.6) is 0 Å². The Hall–Kier alpha value is -1.65. The van der Waals surface area contributed by atoms with E-state index in [1.165, 1.54) is 4.90 Å². The van der Waals surface area contributed by atoms with Crippen molar-refractivity contribution in [3.05, 3.63) is 29.3 Å². The summed E-state index contributed by atoms with van der Waals surface area (Å²) in [5.41, 5.74) is 4.66. The van der Waals surface area contributed by atoms with E-state index in [-0.39, 0.29) is 17.3 Å². The Morgan fingerprint density at radius 1 is 1.41 bits per heavy atom. The molecule has 0 aliphatic heterocycles. The van der Waals surface area contributed by atoms with Gasteiger partial charge in [-0.15, -0.1) is 0 Å². The van der Waals surface area contributed by atoms with Gasteiger partial charge in [-0.25, -0.2) is 8.78 Å². The first-order valence-electron chi connectivity index (χ1n) is 5.52. The van der Waals surface area contributed by atoms with Crippen LogP contribution in [0.15, 0.2) is 12.1 Å². The molecule has 0 saturated heterocycles. The molecule has 0 unspecified atom stereocenters. The highest BCUT2D eigenvalue weighted by atomic mass is 19.1. The summed E-state index contributed by atoms with van der Waals surface area (Å²) in [4.78, 5) is 13.4. The van der Waals surface area contributed by atoms with Crippen molar-refractivity contribution in [2.45, 2.75) is 25.3 Å². The van der Waals surface area contributed by atoms with Gasteiger partial charge in [-0.3, -0.25) is 4.79 Å². The lowest BCUT2D eigenvalue weighted by molar-refractivity contribution is 0.0647. The number of carbonyl (C=O) groups excluding carboxylic acids is 1. The highest BCUT2D eigenvalue weighted by Crippen LogP contribution is 2.26. The van der Waals surface area contributed by atoms with Crippen LogP contribution < -0.4 is 5.73 Å². The smallest absolute Gasteiger partial charge is 0.257 e. The van der Waals surface area contributed by atoms with E-state index < -0.39 is 17.5 Å². The summed E-state index contributed by atoms with van der Waals surface area (Å²) in [5.74, 6) is -2.06. The number of rotatable bonds is 2. The summed E-state index contributed by atoms with van der Waals surface area (Å²) in [5, 5.41) is 0. The third-order valence-corrected chi connectivity index (χ3v) is 3.24. The molecule has 17 heavy (non-hydrogen) atoms. The molecule has 0 radical (unpaired) electrons. The predicted octanol–water partition coefficient (Wildman–Crippen LogP) is 2.17. The second-order valence-corrected chi connectivity index (χ2v) is 4.36. The quantitative estimate of drug-likeness (QED) is 0.805. The Morgan fingerprint density at radius 3 is 2.59 bits per heavy atom. The molecular weight excluding hydrogens is 226 g/mol. The number of nitrogens with zero attached hydrogens (tertiary/aromatic N) is 1. The Kier molecular flexibility index (Phi) is 3.00. The number of carbonyl (C=O) groups is 1. The summed E-state index contributed by atoms with van der Waals surface area (Å²) < 4.78 is 26.7. The van der Waals surface area contributed by atoms with Gasteiger partial charge in [0.15, 0.2) is 5.82 Å². The standard InChI is InChI=1S/C12H14F2N2O/c1-16(8-3-2-4-8)12(17)9-5-7(13)6-10(15)11(9)14/h5-6,8H,2-4,15H2,1H3. The number of nitrogens with two attached hydrogens (primary N) is 1. The van der Waals surface area contributed by atoms with Crippen molar-refractivity contribution in [3.8, 4) is 0 Å². The van der Waals surface area contributed by atoms with E-state index in [0.717, 1.165) is 31.4 Å². The molecule has 1 aromatic carbocycles. The second-order valence-electron chi connectivity index (χ2n) is 4.36. The number of halogens is 2. The molecule has 2 rings (SSSR count). The van der Waals surface area contributed by atoms with E-state index in [1.54, 1.807) is 7.05 Å². The van der Waals surface area contributed by atoms with Gasteiger partial charge in [-0.05, 0) is 31.4 Å². The van der Waals surface area contributed by atoms with Gasteiger partial charge in [0.2, 0.25) is 0 Å². The summed E-state index contributed by atoms with van der Waals surface area (Å²) >= 11 is 0. The largest absolute Gasteiger partial charge is 0.396 e. The summed E-state index contributed by atoms with van der Waals surface area (Å²) in [6.07, 6.45) is 2.89. The first-order valence-corrected chi connectivity index (χ1v) is 5.52. The molecule has 92 valence electrons. The topological polar surface area (TPSA) is 46.3 Å². The maximum Gasteiger partial charge on any atom is 0.257 e. The zero-order chi connectivity index (χ0) is 12.6. The van der Waals surface area contributed by atoms with E-state index in [1.807, 2.05) is 0 Å². The Bertz CT molecular complexity index is 458. The zero-order valence-electron chi connectivity index (χ0n) is 9.54. The average molecular weight is 240 g/mol. The molecule has 1 aromatic rings. The maximum atomic E-state index is 13.6. The van der Waals surface area contributed by atoms with E-state index in [9.17, 15) is 13.6 Å². The normalized spacial score (nSPS) is 15.5. The van der Waals surface area contributed by atoms with E-state index >= 15 is 0 Å². The number of hydrogen-bond donors (Lipinski definition) is 1. The molecule has 1 aliphatic carbocycles. The predicted molar refractivity (Wildman–Crippen MR) is 60.5 cm³/mol. The number of amides is 1. The monoisotopic (exact) mass is 240 g/mol. The molecule has 0 atom stereocenters. The van der Waals surface area contributed by atoms with Crippen LogP contribution in [-0.4, -0.2) is 23.9 Å². The first kappa shape index (κ1) is 11.8. The van der Waals surface area contributed by atoms with Crippen LogP contribution in [0.1, 0.15) is 29.6 Å². The molecular formula is C12H14F2N2O. The second kappa shape index (κ2) is 4.31. The maximum absolute atomic E-state index is 13.6. The van der Waals surface area contributed by atoms with Gasteiger partial charge in [0.25, 0.3) is 5.91 Å². The minimum absolute atomic E-state index is 0.131. The fourth-order valence-corrected chi connectivity index (χ4v) is 1.90. The molecule has 0 bridgehead atoms. The molecule has 1 amide bonds. The lowest BCUT2D eigenvalue weighted by Crippen LogP contribution is -2.41. The van der Waals surface area contributed by atoms with E-state index in [4.69, 9.17) is 5.73 Å². The fourth-order valence-electron chi connectivity index (χ4n) is 1.90. The number of nitrogen functional groups attached to an aromatic ring is 1. The van der Waals surface area contributed by atoms with Crippen molar-refractivity contribution < 1.29 is 13.6 Å². The third kappa shape index (κ3) is 2.09. The van der Waals surface area contributed by atoms with Crippen LogP contribution in [0.4, 0.5) is 14.5 Å². The molecule has 0 spiro atoms. The highest BCUT2D eigenvalue weighted by molar-refractivity contribution is 5.95. The van der Waals surface area contributed by atoms with E-state index in [2.05, 4.69) is 0 Å². The highest BCUT2D eigenvalue weighted by Gasteiger charge is 2.28. The van der Waals surface area contributed by atoms with Gasteiger partial charge in [0, 0.05) is 13.1 Å². The van der Waals surface area contributed by atoms with Crippen molar-refractivity contribution in [2.75, 3.05) is 12.8 Å².